The van der Waals surface area contributed by atoms with E-state index < -0.39 is 5.97 Å². The summed E-state index contributed by atoms with van der Waals surface area (Å²) < 4.78 is 5.08. The van der Waals surface area contributed by atoms with Gasteiger partial charge in [-0.2, -0.15) is 0 Å². The van der Waals surface area contributed by atoms with Gasteiger partial charge in [0.05, 0.1) is 6.61 Å². The lowest BCUT2D eigenvalue weighted by Gasteiger charge is -1.98. The number of allylic oxidation sites excluding steroid dienone is 1. The minimum Gasteiger partial charge on any atom is -0.478 e. The highest BCUT2D eigenvalue weighted by atomic mass is 16.5. The quantitative estimate of drug-likeness (QED) is 0.431. The first-order valence-corrected chi connectivity index (χ1v) is 3.94. The van der Waals surface area contributed by atoms with Crippen LogP contribution in [0.3, 0.4) is 0 Å². The summed E-state index contributed by atoms with van der Waals surface area (Å²) in [7, 11) is 0. The Morgan fingerprint density at radius 2 is 2.25 bits per heavy atom. The molecule has 0 unspecified atom stereocenters. The van der Waals surface area contributed by atoms with Crippen molar-refractivity contribution < 1.29 is 14.6 Å². The molecule has 0 rings (SSSR count). The zero-order chi connectivity index (χ0) is 9.23. The fraction of sp³-hybridized carbons (Fsp3) is 0.625. The van der Waals surface area contributed by atoms with Gasteiger partial charge in [0.1, 0.15) is 0 Å². The fourth-order valence-corrected chi connectivity index (χ4v) is 0.673. The summed E-state index contributed by atoms with van der Waals surface area (Å²) >= 11 is 0. The van der Waals surface area contributed by atoms with Gasteiger partial charge in [0, 0.05) is 19.2 Å². The highest BCUT2D eigenvalue weighted by Gasteiger charge is 1.87. The number of carbonyl (C=O) groups is 1. The van der Waals surface area contributed by atoms with E-state index in [0.717, 1.165) is 18.9 Å². The Morgan fingerprint density at radius 3 is 2.83 bits per heavy atom. The van der Waals surface area contributed by atoms with Gasteiger partial charge >= 0.3 is 5.97 Å². The van der Waals surface area contributed by atoms with Crippen molar-refractivity contribution in [3.63, 3.8) is 0 Å². The first-order chi connectivity index (χ1) is 5.77. The van der Waals surface area contributed by atoms with E-state index in [4.69, 9.17) is 15.6 Å². The zero-order valence-corrected chi connectivity index (χ0v) is 7.03. The standard InChI is InChI=1S/C8H15NO3/c9-5-7-12-6-3-1-2-4-8(10)11/h2,4H,1,3,5-7,9H2,(H,10,11)/b4-2+. The second-order valence-corrected chi connectivity index (χ2v) is 2.28. The number of ether oxygens (including phenoxy) is 1. The van der Waals surface area contributed by atoms with Gasteiger partial charge in [-0.1, -0.05) is 6.08 Å². The normalized spacial score (nSPS) is 10.8. The lowest BCUT2D eigenvalue weighted by atomic mass is 10.3. The number of aliphatic carboxylic acids is 1. The minimum absolute atomic E-state index is 0.533. The van der Waals surface area contributed by atoms with Crippen LogP contribution >= 0.6 is 0 Å². The second-order valence-electron chi connectivity index (χ2n) is 2.28. The van der Waals surface area contributed by atoms with Gasteiger partial charge in [0.15, 0.2) is 0 Å². The molecule has 0 saturated carbocycles. The first-order valence-electron chi connectivity index (χ1n) is 3.94. The Morgan fingerprint density at radius 1 is 1.50 bits per heavy atom. The van der Waals surface area contributed by atoms with Crippen LogP contribution in [0.15, 0.2) is 12.2 Å². The number of unbranched alkanes of at least 4 members (excludes halogenated alkanes) is 1. The van der Waals surface area contributed by atoms with Crippen LogP contribution in [0.2, 0.25) is 0 Å². The van der Waals surface area contributed by atoms with E-state index in [9.17, 15) is 4.79 Å². The molecule has 4 heteroatoms. The summed E-state index contributed by atoms with van der Waals surface area (Å²) in [5.74, 6) is -0.905. The summed E-state index contributed by atoms with van der Waals surface area (Å²) in [4.78, 5) is 10.00. The van der Waals surface area contributed by atoms with Crippen LogP contribution in [0.5, 0.6) is 0 Å². The maximum Gasteiger partial charge on any atom is 0.327 e. The minimum atomic E-state index is -0.905. The van der Waals surface area contributed by atoms with Gasteiger partial charge in [-0.3, -0.25) is 0 Å². The molecule has 0 bridgehead atoms. The van der Waals surface area contributed by atoms with Gasteiger partial charge in [-0.25, -0.2) is 4.79 Å². The average Bonchev–Trinajstić information content (AvgIpc) is 2.02. The third-order valence-corrected chi connectivity index (χ3v) is 1.18. The maximum absolute atomic E-state index is 10.00. The van der Waals surface area contributed by atoms with Crippen LogP contribution < -0.4 is 5.73 Å². The maximum atomic E-state index is 10.00. The van der Waals surface area contributed by atoms with Crippen LogP contribution in [0.4, 0.5) is 0 Å². The van der Waals surface area contributed by atoms with E-state index in [1.54, 1.807) is 6.08 Å². The Labute approximate surface area is 72.0 Å². The van der Waals surface area contributed by atoms with Crippen LogP contribution in [-0.4, -0.2) is 30.8 Å². The highest BCUT2D eigenvalue weighted by molar-refractivity contribution is 5.79. The van der Waals surface area contributed by atoms with Crippen molar-refractivity contribution in [1.82, 2.24) is 0 Å². The topological polar surface area (TPSA) is 72.5 Å². The lowest BCUT2D eigenvalue weighted by molar-refractivity contribution is -0.131. The molecule has 4 nitrogen and oxygen atoms in total. The number of nitrogens with two attached hydrogens (primary N) is 1. The van der Waals surface area contributed by atoms with Gasteiger partial charge in [-0.15, -0.1) is 0 Å². The molecule has 0 fully saturated rings. The van der Waals surface area contributed by atoms with Crippen LogP contribution in [0.25, 0.3) is 0 Å². The Bertz CT molecular complexity index is 145. The van der Waals surface area contributed by atoms with E-state index >= 15 is 0 Å². The van der Waals surface area contributed by atoms with E-state index in [1.165, 1.54) is 0 Å². The molecule has 0 spiro atoms. The molecule has 0 aromatic rings. The fourth-order valence-electron chi connectivity index (χ4n) is 0.673. The van der Waals surface area contributed by atoms with Gasteiger partial charge in [-0.05, 0) is 12.8 Å². The van der Waals surface area contributed by atoms with E-state index in [-0.39, 0.29) is 0 Å². The summed E-state index contributed by atoms with van der Waals surface area (Å²) in [6.07, 6.45) is 4.33. The molecule has 0 aliphatic heterocycles. The van der Waals surface area contributed by atoms with Crippen molar-refractivity contribution in [2.24, 2.45) is 5.73 Å². The summed E-state index contributed by atoms with van der Waals surface area (Å²) in [5.41, 5.74) is 5.19. The molecule has 0 aliphatic rings. The molecule has 3 N–H and O–H groups in total. The number of hydrogen-bond acceptors (Lipinski definition) is 3. The van der Waals surface area contributed by atoms with Crippen molar-refractivity contribution in [2.45, 2.75) is 12.8 Å². The van der Waals surface area contributed by atoms with Crippen molar-refractivity contribution in [3.05, 3.63) is 12.2 Å². The zero-order valence-electron chi connectivity index (χ0n) is 7.03. The van der Waals surface area contributed by atoms with E-state index in [2.05, 4.69) is 0 Å². The molecule has 0 heterocycles. The van der Waals surface area contributed by atoms with E-state index in [0.29, 0.717) is 19.8 Å². The number of carboxylic acids is 1. The summed E-state index contributed by atoms with van der Waals surface area (Å²) in [6, 6.07) is 0. The molecule has 0 amide bonds. The summed E-state index contributed by atoms with van der Waals surface area (Å²) in [5, 5.41) is 8.22. The monoisotopic (exact) mass is 173 g/mol. The lowest BCUT2D eigenvalue weighted by Crippen LogP contribution is -2.08. The van der Waals surface area contributed by atoms with Crippen molar-refractivity contribution in [2.75, 3.05) is 19.8 Å². The second kappa shape index (κ2) is 8.23. The van der Waals surface area contributed by atoms with E-state index in [1.807, 2.05) is 0 Å². The largest absolute Gasteiger partial charge is 0.478 e. The molecule has 12 heavy (non-hydrogen) atoms. The predicted molar refractivity (Wildman–Crippen MR) is 45.9 cm³/mol. The molecular weight excluding hydrogens is 158 g/mol. The van der Waals surface area contributed by atoms with Crippen LogP contribution in [0, 0.1) is 0 Å². The van der Waals surface area contributed by atoms with Gasteiger partial charge in [0.25, 0.3) is 0 Å². The smallest absolute Gasteiger partial charge is 0.327 e. The molecular formula is C8H15NO3. The molecule has 0 atom stereocenters. The van der Waals surface area contributed by atoms with Crippen molar-refractivity contribution in [1.29, 1.82) is 0 Å². The average molecular weight is 173 g/mol. The number of hydrogen-bond donors (Lipinski definition) is 2. The highest BCUT2D eigenvalue weighted by Crippen LogP contribution is 1.91. The van der Waals surface area contributed by atoms with Crippen LogP contribution in [0.1, 0.15) is 12.8 Å². The third kappa shape index (κ3) is 9.13. The van der Waals surface area contributed by atoms with Crippen LogP contribution in [-0.2, 0) is 9.53 Å². The molecule has 70 valence electrons. The summed E-state index contributed by atoms with van der Waals surface area (Å²) in [6.45, 7) is 1.74. The number of rotatable bonds is 7. The van der Waals surface area contributed by atoms with Crippen molar-refractivity contribution >= 4 is 5.97 Å². The Hall–Kier alpha value is -0.870. The predicted octanol–water partition coefficient (Wildman–Crippen LogP) is 0.383. The van der Waals surface area contributed by atoms with Crippen molar-refractivity contribution in [3.8, 4) is 0 Å². The molecule has 0 radical (unpaired) electrons. The SMILES string of the molecule is NCCOCCC/C=C/C(=O)O. The number of carboxylic acid groups (broad SMARTS) is 1. The molecule has 0 aliphatic carbocycles. The molecule has 0 saturated heterocycles. The molecule has 0 aromatic carbocycles. The third-order valence-electron chi connectivity index (χ3n) is 1.18. The van der Waals surface area contributed by atoms with Gasteiger partial charge in [0.2, 0.25) is 0 Å². The first kappa shape index (κ1) is 11.1. The van der Waals surface area contributed by atoms with Gasteiger partial charge < -0.3 is 15.6 Å². The Kier molecular flexibility index (Phi) is 7.63. The Balaban J connectivity index is 3.05. The molecule has 0 aromatic heterocycles.